The molecule has 0 aromatic heterocycles. The Hall–Kier alpha value is -1.37. The van der Waals surface area contributed by atoms with Gasteiger partial charge in [-0.15, -0.1) is 0 Å². The lowest BCUT2D eigenvalue weighted by Gasteiger charge is -2.18. The second-order valence-corrected chi connectivity index (χ2v) is 5.51. The van der Waals surface area contributed by atoms with Crippen molar-refractivity contribution in [3.05, 3.63) is 35.1 Å². The fourth-order valence-electron chi connectivity index (χ4n) is 1.85. The number of aliphatic hydroxyl groups is 1. The number of hydrogen-bond donors (Lipinski definition) is 1. The van der Waals surface area contributed by atoms with Crippen molar-refractivity contribution in [2.45, 2.75) is 33.2 Å². The smallest absolute Gasteiger partial charge is 0.138 e. The Morgan fingerprint density at radius 1 is 1.35 bits per heavy atom. The fraction of sp³-hybridized carbons (Fsp3) is 0.529. The van der Waals surface area contributed by atoms with E-state index in [0.717, 1.165) is 25.1 Å². The first-order valence-electron chi connectivity index (χ1n) is 7.09. The van der Waals surface area contributed by atoms with Crippen LogP contribution < -0.4 is 0 Å². The highest BCUT2D eigenvalue weighted by molar-refractivity contribution is 5.38. The van der Waals surface area contributed by atoms with Gasteiger partial charge in [-0.1, -0.05) is 31.8 Å². The Labute approximate surface area is 121 Å². The van der Waals surface area contributed by atoms with E-state index in [4.69, 9.17) is 5.11 Å². The summed E-state index contributed by atoms with van der Waals surface area (Å²) in [6, 6.07) is 5.07. The van der Waals surface area contributed by atoms with Gasteiger partial charge in [-0.2, -0.15) is 0 Å². The van der Waals surface area contributed by atoms with Gasteiger partial charge in [-0.25, -0.2) is 4.39 Å². The highest BCUT2D eigenvalue weighted by Crippen LogP contribution is 2.12. The van der Waals surface area contributed by atoms with Crippen LogP contribution in [0.15, 0.2) is 18.2 Å². The van der Waals surface area contributed by atoms with Gasteiger partial charge in [0.1, 0.15) is 5.82 Å². The lowest BCUT2D eigenvalue weighted by Crippen LogP contribution is -2.20. The van der Waals surface area contributed by atoms with E-state index in [1.165, 1.54) is 6.07 Å². The summed E-state index contributed by atoms with van der Waals surface area (Å²) in [7, 11) is 2.07. The summed E-state index contributed by atoms with van der Waals surface area (Å²) in [4.78, 5) is 2.23. The van der Waals surface area contributed by atoms with E-state index in [9.17, 15) is 4.39 Å². The third-order valence-corrected chi connectivity index (χ3v) is 3.03. The molecular formula is C17H24FNO. The van der Waals surface area contributed by atoms with Gasteiger partial charge in [0.25, 0.3) is 0 Å². The van der Waals surface area contributed by atoms with Crippen LogP contribution >= 0.6 is 0 Å². The minimum Gasteiger partial charge on any atom is -0.395 e. The van der Waals surface area contributed by atoms with E-state index in [1.807, 2.05) is 0 Å². The van der Waals surface area contributed by atoms with Gasteiger partial charge in [0.05, 0.1) is 12.2 Å². The van der Waals surface area contributed by atoms with E-state index >= 15 is 0 Å². The van der Waals surface area contributed by atoms with Crippen molar-refractivity contribution >= 4 is 0 Å². The summed E-state index contributed by atoms with van der Waals surface area (Å²) in [5.74, 6) is 5.92. The summed E-state index contributed by atoms with van der Waals surface area (Å²) in [6.07, 6.45) is 1.53. The van der Waals surface area contributed by atoms with Crippen molar-refractivity contribution in [3.8, 4) is 11.8 Å². The summed E-state index contributed by atoms with van der Waals surface area (Å²) >= 11 is 0. The summed E-state index contributed by atoms with van der Waals surface area (Å²) in [5.41, 5.74) is 1.47. The van der Waals surface area contributed by atoms with Crippen molar-refractivity contribution in [3.63, 3.8) is 0 Å². The van der Waals surface area contributed by atoms with Gasteiger partial charge >= 0.3 is 0 Å². The zero-order valence-electron chi connectivity index (χ0n) is 12.6. The lowest BCUT2D eigenvalue weighted by atomic mass is 10.1. The zero-order chi connectivity index (χ0) is 15.0. The quantitative estimate of drug-likeness (QED) is 0.808. The van der Waals surface area contributed by atoms with Gasteiger partial charge < -0.3 is 10.0 Å². The Morgan fingerprint density at radius 3 is 2.75 bits per heavy atom. The van der Waals surface area contributed by atoms with Crippen LogP contribution in [0.4, 0.5) is 4.39 Å². The lowest BCUT2D eigenvalue weighted by molar-refractivity contribution is 0.303. The molecule has 110 valence electrons. The number of nitrogens with zero attached hydrogens (tertiary/aromatic N) is 1. The molecule has 0 amide bonds. The third-order valence-electron chi connectivity index (χ3n) is 3.03. The number of hydrogen-bond acceptors (Lipinski definition) is 2. The Morgan fingerprint density at radius 2 is 2.10 bits per heavy atom. The Kier molecular flexibility index (Phi) is 7.28. The van der Waals surface area contributed by atoms with Crippen LogP contribution in [0, 0.1) is 23.6 Å². The van der Waals surface area contributed by atoms with Gasteiger partial charge in [0, 0.05) is 13.0 Å². The molecule has 1 aromatic rings. The Bertz CT molecular complexity index is 474. The molecule has 0 atom stereocenters. The van der Waals surface area contributed by atoms with Crippen molar-refractivity contribution in [1.82, 2.24) is 4.90 Å². The van der Waals surface area contributed by atoms with Crippen LogP contribution in [0.5, 0.6) is 0 Å². The summed E-state index contributed by atoms with van der Waals surface area (Å²) < 4.78 is 13.6. The molecule has 0 unspecified atom stereocenters. The number of benzene rings is 1. The largest absolute Gasteiger partial charge is 0.395 e. The van der Waals surface area contributed by atoms with Gasteiger partial charge in [-0.3, -0.25) is 0 Å². The number of halogens is 1. The van der Waals surface area contributed by atoms with Crippen molar-refractivity contribution < 1.29 is 9.50 Å². The molecule has 0 fully saturated rings. The minimum atomic E-state index is -0.302. The SMILES string of the molecule is CC(C)CCN(C)Cc1ccc(F)c(C#CCCO)c1. The normalized spacial score (nSPS) is 10.8. The first kappa shape index (κ1) is 16.7. The topological polar surface area (TPSA) is 23.5 Å². The maximum absolute atomic E-state index is 13.6. The highest BCUT2D eigenvalue weighted by atomic mass is 19.1. The highest BCUT2D eigenvalue weighted by Gasteiger charge is 2.05. The molecule has 0 spiro atoms. The standard InChI is InChI=1S/C17H24FNO/c1-14(2)9-10-19(3)13-15-7-8-17(18)16(12-15)6-4-5-11-20/h7-8,12,14,20H,5,9-11,13H2,1-3H3. The van der Waals surface area contributed by atoms with Crippen LogP contribution in [0.1, 0.15) is 37.8 Å². The Balaban J connectivity index is 2.67. The molecule has 3 heteroatoms. The van der Waals surface area contributed by atoms with Gasteiger partial charge in [-0.05, 0) is 43.6 Å². The van der Waals surface area contributed by atoms with Crippen molar-refractivity contribution in [1.29, 1.82) is 0 Å². The molecule has 0 aliphatic heterocycles. The van der Waals surface area contributed by atoms with Crippen LogP contribution in [0.3, 0.4) is 0 Å². The second kappa shape index (κ2) is 8.73. The first-order chi connectivity index (χ1) is 9.52. The van der Waals surface area contributed by atoms with E-state index in [0.29, 0.717) is 17.9 Å². The average molecular weight is 277 g/mol. The molecule has 1 N–H and O–H groups in total. The molecule has 0 aliphatic rings. The average Bonchev–Trinajstić information content (AvgIpc) is 2.40. The molecule has 2 nitrogen and oxygen atoms in total. The molecule has 0 saturated carbocycles. The van der Waals surface area contributed by atoms with Crippen LogP contribution in [-0.4, -0.2) is 30.2 Å². The van der Waals surface area contributed by atoms with Gasteiger partial charge in [0.15, 0.2) is 0 Å². The molecule has 0 bridgehead atoms. The zero-order valence-corrected chi connectivity index (χ0v) is 12.6. The first-order valence-corrected chi connectivity index (χ1v) is 7.09. The molecular weight excluding hydrogens is 253 g/mol. The van der Waals surface area contributed by atoms with Crippen molar-refractivity contribution in [2.24, 2.45) is 5.92 Å². The molecule has 1 rings (SSSR count). The predicted octanol–water partition coefficient (Wildman–Crippen LogP) is 3.04. The van der Waals surface area contributed by atoms with E-state index in [1.54, 1.807) is 12.1 Å². The molecule has 0 radical (unpaired) electrons. The summed E-state index contributed by atoms with van der Waals surface area (Å²) in [6.45, 7) is 6.25. The molecule has 1 aromatic carbocycles. The molecule has 0 aliphatic carbocycles. The minimum absolute atomic E-state index is 0.00620. The van der Waals surface area contributed by atoms with E-state index < -0.39 is 0 Å². The monoisotopic (exact) mass is 277 g/mol. The number of aliphatic hydroxyl groups excluding tert-OH is 1. The summed E-state index contributed by atoms with van der Waals surface area (Å²) in [5, 5.41) is 8.69. The van der Waals surface area contributed by atoms with Gasteiger partial charge in [0.2, 0.25) is 0 Å². The number of rotatable bonds is 6. The fourth-order valence-corrected chi connectivity index (χ4v) is 1.85. The predicted molar refractivity (Wildman–Crippen MR) is 80.8 cm³/mol. The van der Waals surface area contributed by atoms with Crippen molar-refractivity contribution in [2.75, 3.05) is 20.2 Å². The van der Waals surface area contributed by atoms with Crippen LogP contribution in [0.25, 0.3) is 0 Å². The second-order valence-electron chi connectivity index (χ2n) is 5.51. The van der Waals surface area contributed by atoms with Crippen LogP contribution in [0.2, 0.25) is 0 Å². The molecule has 0 heterocycles. The third kappa shape index (κ3) is 6.18. The van der Waals surface area contributed by atoms with E-state index in [-0.39, 0.29) is 12.4 Å². The molecule has 0 saturated heterocycles. The van der Waals surface area contributed by atoms with Crippen LogP contribution in [-0.2, 0) is 6.54 Å². The maximum Gasteiger partial charge on any atom is 0.138 e. The van der Waals surface area contributed by atoms with E-state index in [2.05, 4.69) is 37.6 Å². The maximum atomic E-state index is 13.6. The molecule has 20 heavy (non-hydrogen) atoms.